The van der Waals surface area contributed by atoms with Gasteiger partial charge in [-0.1, -0.05) is 43.0 Å². The highest BCUT2D eigenvalue weighted by molar-refractivity contribution is 6.30. The molecule has 1 atom stereocenters. The minimum absolute atomic E-state index is 0.0557. The summed E-state index contributed by atoms with van der Waals surface area (Å²) >= 11 is 6.12. The van der Waals surface area contributed by atoms with Gasteiger partial charge >= 0.3 is 0 Å². The number of allylic oxidation sites excluding steroid dienone is 1. The first-order valence-corrected chi connectivity index (χ1v) is 13.3. The van der Waals surface area contributed by atoms with Crippen molar-refractivity contribution in [2.75, 3.05) is 0 Å². The maximum Gasteiger partial charge on any atom is 0.272 e. The number of fused-ring (bicyclic) bond motifs is 1. The number of nitrogens with one attached hydrogen (secondary N) is 1. The normalized spacial score (nSPS) is 18.6. The van der Waals surface area contributed by atoms with E-state index in [1.807, 2.05) is 41.1 Å². The van der Waals surface area contributed by atoms with Crippen LogP contribution in [0.15, 0.2) is 48.8 Å². The first kappa shape index (κ1) is 23.8. The predicted molar refractivity (Wildman–Crippen MR) is 142 cm³/mol. The van der Waals surface area contributed by atoms with Crippen LogP contribution in [0.3, 0.4) is 0 Å². The Morgan fingerprint density at radius 2 is 1.74 bits per heavy atom. The number of halogens is 1. The molecular formula is C29H33ClN4O. The van der Waals surface area contributed by atoms with Crippen LogP contribution < -0.4 is 5.32 Å². The van der Waals surface area contributed by atoms with Gasteiger partial charge < -0.3 is 5.32 Å². The van der Waals surface area contributed by atoms with E-state index in [2.05, 4.69) is 23.3 Å². The van der Waals surface area contributed by atoms with Crippen LogP contribution in [0.1, 0.15) is 85.6 Å². The van der Waals surface area contributed by atoms with Crippen molar-refractivity contribution >= 4 is 29.2 Å². The number of hydrogen-bond donors (Lipinski definition) is 1. The van der Waals surface area contributed by atoms with Crippen LogP contribution in [0.5, 0.6) is 0 Å². The molecule has 0 bridgehead atoms. The number of carbonyl (C=O) groups excluding carboxylic acids is 1. The van der Waals surface area contributed by atoms with E-state index in [9.17, 15) is 4.79 Å². The maximum absolute atomic E-state index is 13.6. The summed E-state index contributed by atoms with van der Waals surface area (Å²) in [6.07, 6.45) is 15.9. The van der Waals surface area contributed by atoms with Crippen molar-refractivity contribution in [2.24, 2.45) is 5.92 Å². The highest BCUT2D eigenvalue weighted by Gasteiger charge is 2.29. The number of carbonyl (C=O) groups is 1. The van der Waals surface area contributed by atoms with E-state index in [0.717, 1.165) is 53.2 Å². The maximum atomic E-state index is 13.6. The van der Waals surface area contributed by atoms with Gasteiger partial charge in [0.2, 0.25) is 0 Å². The van der Waals surface area contributed by atoms with Gasteiger partial charge in [-0.2, -0.15) is 5.10 Å². The SMILES string of the molecule is C[C@H](NC(=O)c1nn(-c2ccncc2)c2c1CCCC/C2=C\c1ccc(Cl)cc1)C1CCCCC1. The molecular weight excluding hydrogens is 456 g/mol. The molecule has 5 rings (SSSR count). The molecule has 1 N–H and O–H groups in total. The van der Waals surface area contributed by atoms with Crippen molar-refractivity contribution in [1.82, 2.24) is 20.1 Å². The molecule has 0 spiro atoms. The fourth-order valence-corrected chi connectivity index (χ4v) is 5.66. The summed E-state index contributed by atoms with van der Waals surface area (Å²) in [6.45, 7) is 2.15. The fourth-order valence-electron chi connectivity index (χ4n) is 5.54. The first-order valence-electron chi connectivity index (χ1n) is 12.9. The van der Waals surface area contributed by atoms with E-state index in [-0.39, 0.29) is 11.9 Å². The van der Waals surface area contributed by atoms with E-state index >= 15 is 0 Å². The van der Waals surface area contributed by atoms with Gasteiger partial charge in [0.25, 0.3) is 5.91 Å². The highest BCUT2D eigenvalue weighted by atomic mass is 35.5. The van der Waals surface area contributed by atoms with Gasteiger partial charge in [-0.05, 0) is 92.8 Å². The molecule has 6 heteroatoms. The molecule has 2 aliphatic carbocycles. The zero-order valence-corrected chi connectivity index (χ0v) is 21.1. The molecule has 0 radical (unpaired) electrons. The van der Waals surface area contributed by atoms with Crippen LogP contribution in [-0.4, -0.2) is 26.7 Å². The lowest BCUT2D eigenvalue weighted by Crippen LogP contribution is -2.39. The van der Waals surface area contributed by atoms with Gasteiger partial charge in [0.05, 0.1) is 11.4 Å². The summed E-state index contributed by atoms with van der Waals surface area (Å²) in [4.78, 5) is 17.8. The first-order chi connectivity index (χ1) is 17.1. The molecule has 1 saturated carbocycles. The third kappa shape index (κ3) is 5.35. The van der Waals surface area contributed by atoms with Crippen molar-refractivity contribution in [2.45, 2.75) is 70.8 Å². The zero-order valence-electron chi connectivity index (χ0n) is 20.3. The molecule has 0 saturated heterocycles. The molecule has 0 aliphatic heterocycles. The van der Waals surface area contributed by atoms with E-state index in [1.54, 1.807) is 12.4 Å². The van der Waals surface area contributed by atoms with Crippen LogP contribution in [0.2, 0.25) is 5.02 Å². The lowest BCUT2D eigenvalue weighted by atomic mass is 9.84. The molecule has 1 amide bonds. The Morgan fingerprint density at radius 1 is 1.03 bits per heavy atom. The number of amides is 1. The average molecular weight is 489 g/mol. The highest BCUT2D eigenvalue weighted by Crippen LogP contribution is 2.35. The van der Waals surface area contributed by atoms with Crippen molar-refractivity contribution in [1.29, 1.82) is 0 Å². The number of hydrogen-bond acceptors (Lipinski definition) is 3. The lowest BCUT2D eigenvalue weighted by molar-refractivity contribution is 0.0913. The molecule has 182 valence electrons. The Bertz CT molecular complexity index is 1190. The van der Waals surface area contributed by atoms with Crippen molar-refractivity contribution in [3.63, 3.8) is 0 Å². The number of rotatable bonds is 5. The van der Waals surface area contributed by atoms with Gasteiger partial charge in [0.1, 0.15) is 0 Å². The molecule has 1 aromatic carbocycles. The van der Waals surface area contributed by atoms with E-state index in [1.165, 1.54) is 37.7 Å². The standard InChI is InChI=1S/C29H33ClN4O/c1-20(22-7-3-2-4-8-22)32-29(35)27-26-10-6-5-9-23(19-21-11-13-24(30)14-12-21)28(26)34(33-27)25-15-17-31-18-16-25/h11-20,22H,2-10H2,1H3,(H,32,35)/b23-19+/t20-/m0/s1. The summed E-state index contributed by atoms with van der Waals surface area (Å²) < 4.78 is 1.95. The second-order valence-corrected chi connectivity index (χ2v) is 10.3. The Balaban J connectivity index is 1.56. The largest absolute Gasteiger partial charge is 0.348 e. The number of benzene rings is 1. The Hall–Kier alpha value is -2.92. The molecule has 35 heavy (non-hydrogen) atoms. The molecule has 0 unspecified atom stereocenters. The minimum Gasteiger partial charge on any atom is -0.348 e. The Morgan fingerprint density at radius 3 is 2.49 bits per heavy atom. The summed E-state index contributed by atoms with van der Waals surface area (Å²) in [5.41, 5.74) is 5.86. The van der Waals surface area contributed by atoms with Gasteiger partial charge in [0, 0.05) is 29.0 Å². The van der Waals surface area contributed by atoms with Crippen LogP contribution in [0.4, 0.5) is 0 Å². The van der Waals surface area contributed by atoms with Gasteiger partial charge in [0.15, 0.2) is 5.69 Å². The van der Waals surface area contributed by atoms with Crippen LogP contribution >= 0.6 is 11.6 Å². The molecule has 2 aromatic heterocycles. The molecule has 5 nitrogen and oxygen atoms in total. The summed E-state index contributed by atoms with van der Waals surface area (Å²) in [7, 11) is 0. The molecule has 2 heterocycles. The summed E-state index contributed by atoms with van der Waals surface area (Å²) in [6, 6.07) is 11.9. The third-order valence-electron chi connectivity index (χ3n) is 7.46. The van der Waals surface area contributed by atoms with Crippen molar-refractivity contribution in [3.8, 4) is 5.69 Å². The second kappa shape index (κ2) is 10.8. The van der Waals surface area contributed by atoms with Crippen LogP contribution in [0, 0.1) is 5.92 Å². The molecule has 3 aromatic rings. The van der Waals surface area contributed by atoms with Crippen molar-refractivity contribution < 1.29 is 4.79 Å². The van der Waals surface area contributed by atoms with Crippen molar-refractivity contribution in [3.05, 3.63) is 76.3 Å². The Kier molecular flexibility index (Phi) is 7.33. The third-order valence-corrected chi connectivity index (χ3v) is 7.71. The quantitative estimate of drug-likeness (QED) is 0.398. The summed E-state index contributed by atoms with van der Waals surface area (Å²) in [5.74, 6) is 0.494. The summed E-state index contributed by atoms with van der Waals surface area (Å²) in [5, 5.41) is 8.96. The Labute approximate surface area is 212 Å². The second-order valence-electron chi connectivity index (χ2n) is 9.88. The predicted octanol–water partition coefficient (Wildman–Crippen LogP) is 6.89. The number of pyridine rings is 1. The van der Waals surface area contributed by atoms with E-state index in [4.69, 9.17) is 16.7 Å². The van der Waals surface area contributed by atoms with Gasteiger partial charge in [-0.25, -0.2) is 4.68 Å². The van der Waals surface area contributed by atoms with E-state index in [0.29, 0.717) is 11.6 Å². The molecule has 2 aliphatic rings. The molecule has 1 fully saturated rings. The van der Waals surface area contributed by atoms with Crippen LogP contribution in [-0.2, 0) is 6.42 Å². The minimum atomic E-state index is -0.0557. The fraction of sp³-hybridized carbons (Fsp3) is 0.414. The smallest absolute Gasteiger partial charge is 0.272 e. The average Bonchev–Trinajstić information content (AvgIpc) is 3.16. The van der Waals surface area contributed by atoms with Crippen LogP contribution in [0.25, 0.3) is 17.3 Å². The number of aromatic nitrogens is 3. The topological polar surface area (TPSA) is 59.8 Å². The van der Waals surface area contributed by atoms with Gasteiger partial charge in [-0.15, -0.1) is 0 Å². The monoisotopic (exact) mass is 488 g/mol. The number of nitrogens with zero attached hydrogens (tertiary/aromatic N) is 3. The van der Waals surface area contributed by atoms with E-state index < -0.39 is 0 Å². The van der Waals surface area contributed by atoms with Gasteiger partial charge in [-0.3, -0.25) is 9.78 Å². The zero-order chi connectivity index (χ0) is 24.2. The lowest BCUT2D eigenvalue weighted by Gasteiger charge is -2.28.